The second kappa shape index (κ2) is 6.76. The molecule has 0 heterocycles. The van der Waals surface area contributed by atoms with Gasteiger partial charge in [0.05, 0.1) is 0 Å². The van der Waals surface area contributed by atoms with Gasteiger partial charge in [0, 0.05) is 27.3 Å². The summed E-state index contributed by atoms with van der Waals surface area (Å²) in [5, 5.41) is 0.710. The smallest absolute Gasteiger partial charge is 0.0489 e. The Bertz CT molecular complexity index is 609. The second-order valence-corrected chi connectivity index (χ2v) is 8.20. The van der Waals surface area contributed by atoms with Gasteiger partial charge in [0.25, 0.3) is 0 Å². The summed E-state index contributed by atoms with van der Waals surface area (Å²) in [6.45, 7) is 6.59. The lowest BCUT2D eigenvalue weighted by atomic mass is 9.87. The molecule has 0 aromatic heterocycles. The number of benzene rings is 2. The van der Waals surface area contributed by atoms with Gasteiger partial charge < -0.3 is 0 Å². The molecule has 0 unspecified atom stereocenters. The van der Waals surface area contributed by atoms with Crippen molar-refractivity contribution in [3.63, 3.8) is 0 Å². The van der Waals surface area contributed by atoms with E-state index in [-0.39, 0.29) is 5.41 Å². The quantitative estimate of drug-likeness (QED) is 0.767. The van der Waals surface area contributed by atoms with Crippen molar-refractivity contribution < 1.29 is 4.21 Å². The molecule has 0 amide bonds. The van der Waals surface area contributed by atoms with Gasteiger partial charge in [0.1, 0.15) is 0 Å². The highest BCUT2D eigenvalue weighted by Gasteiger charge is 2.13. The molecule has 0 saturated carbocycles. The van der Waals surface area contributed by atoms with Crippen LogP contribution in [0.25, 0.3) is 0 Å². The third kappa shape index (κ3) is 4.98. The van der Waals surface area contributed by atoms with E-state index in [2.05, 4.69) is 45.0 Å². The van der Waals surface area contributed by atoms with Gasteiger partial charge in [0.2, 0.25) is 0 Å². The normalized spacial score (nSPS) is 13.1. The number of halogens is 1. The monoisotopic (exact) mass is 320 g/mol. The van der Waals surface area contributed by atoms with Crippen LogP contribution in [-0.4, -0.2) is 4.21 Å². The Morgan fingerprint density at radius 1 is 0.857 bits per heavy atom. The van der Waals surface area contributed by atoms with Gasteiger partial charge in [0.15, 0.2) is 0 Å². The lowest BCUT2D eigenvalue weighted by Crippen LogP contribution is -2.10. The molecular weight excluding hydrogens is 300 g/mol. The van der Waals surface area contributed by atoms with E-state index in [9.17, 15) is 4.21 Å². The molecule has 3 heteroatoms. The van der Waals surface area contributed by atoms with Gasteiger partial charge in [-0.3, -0.25) is 4.21 Å². The molecule has 1 nitrogen and oxygen atoms in total. The van der Waals surface area contributed by atoms with Crippen molar-refractivity contribution >= 4 is 22.4 Å². The van der Waals surface area contributed by atoms with Crippen LogP contribution in [0.4, 0.5) is 0 Å². The molecular formula is C18H21ClOS. The van der Waals surface area contributed by atoms with Crippen molar-refractivity contribution in [1.29, 1.82) is 0 Å². The number of hydrogen-bond donors (Lipinski definition) is 0. The lowest BCUT2D eigenvalue weighted by molar-refractivity contribution is 0.590. The Morgan fingerprint density at radius 3 is 1.71 bits per heavy atom. The molecule has 0 aliphatic rings. The van der Waals surface area contributed by atoms with Gasteiger partial charge >= 0.3 is 0 Å². The van der Waals surface area contributed by atoms with E-state index >= 15 is 0 Å². The molecule has 0 radical (unpaired) electrons. The third-order valence-corrected chi connectivity index (χ3v) is 4.95. The first kappa shape index (κ1) is 16.3. The zero-order valence-corrected chi connectivity index (χ0v) is 14.3. The molecule has 2 rings (SSSR count). The fourth-order valence-electron chi connectivity index (χ4n) is 2.10. The van der Waals surface area contributed by atoms with Crippen LogP contribution in [-0.2, 0) is 27.7 Å². The minimum Gasteiger partial charge on any atom is -0.259 e. The molecule has 0 N–H and O–H groups in total. The summed E-state index contributed by atoms with van der Waals surface area (Å²) in [5.74, 6) is 1.16. The van der Waals surface area contributed by atoms with Crippen molar-refractivity contribution in [1.82, 2.24) is 0 Å². The molecule has 0 fully saturated rings. The zero-order chi connectivity index (χ0) is 15.5. The molecule has 2 aromatic rings. The number of hydrogen-bond acceptors (Lipinski definition) is 1. The van der Waals surface area contributed by atoms with Gasteiger partial charge in [-0.05, 0) is 34.2 Å². The Morgan fingerprint density at radius 2 is 1.29 bits per heavy atom. The predicted octanol–water partition coefficient (Wildman–Crippen LogP) is 5.09. The number of rotatable bonds is 4. The zero-order valence-electron chi connectivity index (χ0n) is 12.7. The molecule has 21 heavy (non-hydrogen) atoms. The van der Waals surface area contributed by atoms with Gasteiger partial charge in [-0.2, -0.15) is 0 Å². The molecule has 0 spiro atoms. The fraction of sp³-hybridized carbons (Fsp3) is 0.333. The van der Waals surface area contributed by atoms with Crippen molar-refractivity contribution in [3.05, 3.63) is 70.2 Å². The maximum Gasteiger partial charge on any atom is 0.0489 e. The summed E-state index contributed by atoms with van der Waals surface area (Å²) >= 11 is 5.85. The highest BCUT2D eigenvalue weighted by Crippen LogP contribution is 2.22. The van der Waals surface area contributed by atoms with Crippen LogP contribution < -0.4 is 0 Å². The molecule has 0 bridgehead atoms. The Labute approximate surface area is 134 Å². The SMILES string of the molecule is CC(C)(C)c1ccc(C[S@@](=O)Cc2ccc(Cl)cc2)cc1. The standard InChI is InChI=1S/C18H21ClOS/c1-18(2,3)16-8-4-14(5-9-16)12-21(20)13-15-6-10-17(19)11-7-15/h4-11H,12-13H2,1-3H3/t21-/m1/s1. The summed E-state index contributed by atoms with van der Waals surface area (Å²) in [7, 11) is -0.899. The van der Waals surface area contributed by atoms with E-state index in [1.807, 2.05) is 24.3 Å². The Kier molecular flexibility index (Phi) is 5.23. The van der Waals surface area contributed by atoms with Crippen LogP contribution in [0.3, 0.4) is 0 Å². The molecule has 0 aliphatic carbocycles. The van der Waals surface area contributed by atoms with Crippen LogP contribution in [0.1, 0.15) is 37.5 Å². The summed E-state index contributed by atoms with van der Waals surface area (Å²) < 4.78 is 12.2. The van der Waals surface area contributed by atoms with Crippen LogP contribution in [0.5, 0.6) is 0 Å². The second-order valence-electron chi connectivity index (χ2n) is 6.30. The maximum absolute atomic E-state index is 12.2. The highest BCUT2D eigenvalue weighted by atomic mass is 35.5. The topological polar surface area (TPSA) is 17.1 Å². The molecule has 112 valence electrons. The fourth-order valence-corrected chi connectivity index (χ4v) is 3.46. The van der Waals surface area contributed by atoms with Crippen molar-refractivity contribution in [2.75, 3.05) is 0 Å². The summed E-state index contributed by atoms with van der Waals surface area (Å²) in [6, 6.07) is 16.0. The average molecular weight is 321 g/mol. The van der Waals surface area contributed by atoms with Crippen LogP contribution in [0, 0.1) is 0 Å². The first-order valence-corrected chi connectivity index (χ1v) is 8.90. The summed E-state index contributed by atoms with van der Waals surface area (Å²) in [6.07, 6.45) is 0. The molecule has 1 atom stereocenters. The first-order chi connectivity index (χ1) is 9.84. The van der Waals surface area contributed by atoms with E-state index < -0.39 is 10.8 Å². The van der Waals surface area contributed by atoms with E-state index in [4.69, 9.17) is 11.6 Å². The minimum atomic E-state index is -0.899. The van der Waals surface area contributed by atoms with E-state index in [1.54, 1.807) is 0 Å². The van der Waals surface area contributed by atoms with Gasteiger partial charge in [-0.25, -0.2) is 0 Å². The Balaban J connectivity index is 1.98. The first-order valence-electron chi connectivity index (χ1n) is 7.03. The van der Waals surface area contributed by atoms with Gasteiger partial charge in [-0.15, -0.1) is 0 Å². The van der Waals surface area contributed by atoms with Crippen molar-refractivity contribution in [3.8, 4) is 0 Å². The lowest BCUT2D eigenvalue weighted by Gasteiger charge is -2.19. The minimum absolute atomic E-state index is 0.154. The van der Waals surface area contributed by atoms with Crippen molar-refractivity contribution in [2.45, 2.75) is 37.7 Å². The summed E-state index contributed by atoms with van der Waals surface area (Å²) in [5.41, 5.74) is 3.63. The highest BCUT2D eigenvalue weighted by molar-refractivity contribution is 7.83. The van der Waals surface area contributed by atoms with Crippen LogP contribution in [0.2, 0.25) is 5.02 Å². The van der Waals surface area contributed by atoms with Crippen LogP contribution >= 0.6 is 11.6 Å². The third-order valence-electron chi connectivity index (χ3n) is 3.39. The molecule has 0 saturated heterocycles. The molecule has 0 aliphatic heterocycles. The largest absolute Gasteiger partial charge is 0.259 e. The maximum atomic E-state index is 12.2. The average Bonchev–Trinajstić information content (AvgIpc) is 2.41. The predicted molar refractivity (Wildman–Crippen MR) is 92.1 cm³/mol. The Hall–Kier alpha value is -1.12. The van der Waals surface area contributed by atoms with Crippen molar-refractivity contribution in [2.24, 2.45) is 0 Å². The van der Waals surface area contributed by atoms with Gasteiger partial charge in [-0.1, -0.05) is 68.8 Å². The van der Waals surface area contributed by atoms with E-state index in [0.29, 0.717) is 16.5 Å². The summed E-state index contributed by atoms with van der Waals surface area (Å²) in [4.78, 5) is 0. The van der Waals surface area contributed by atoms with E-state index in [0.717, 1.165) is 11.1 Å². The van der Waals surface area contributed by atoms with E-state index in [1.165, 1.54) is 5.56 Å². The van der Waals surface area contributed by atoms with Crippen LogP contribution in [0.15, 0.2) is 48.5 Å². The molecule has 2 aromatic carbocycles.